The second-order valence-electron chi connectivity index (χ2n) is 5.87. The number of aryl methyl sites for hydroxylation is 3. The summed E-state index contributed by atoms with van der Waals surface area (Å²) >= 11 is 1.32. The van der Waals surface area contributed by atoms with Crippen molar-refractivity contribution in [2.75, 3.05) is 16.8 Å². The van der Waals surface area contributed by atoms with Gasteiger partial charge in [-0.15, -0.1) is 10.2 Å². The molecule has 2 amide bonds. The number of hydrogen-bond acceptors (Lipinski definition) is 5. The van der Waals surface area contributed by atoms with E-state index >= 15 is 0 Å². The Bertz CT molecular complexity index is 751. The number of aromatic nitrogens is 2. The SMILES string of the molecule is Cc1cc(C)cc(N2CC(C(=O)Nc3nnc(C)s3)CC2=O)c1. The maximum absolute atomic E-state index is 12.3. The van der Waals surface area contributed by atoms with Gasteiger partial charge in [-0.1, -0.05) is 17.4 Å². The first-order chi connectivity index (χ1) is 10.9. The van der Waals surface area contributed by atoms with Crippen molar-refractivity contribution in [3.05, 3.63) is 34.3 Å². The topological polar surface area (TPSA) is 75.2 Å². The normalized spacial score (nSPS) is 17.6. The Balaban J connectivity index is 1.72. The molecule has 7 heteroatoms. The molecule has 0 saturated carbocycles. The van der Waals surface area contributed by atoms with Gasteiger partial charge in [-0.2, -0.15) is 0 Å². The predicted octanol–water partition coefficient (Wildman–Crippen LogP) is 2.45. The highest BCUT2D eigenvalue weighted by atomic mass is 32.1. The minimum absolute atomic E-state index is 0.0244. The van der Waals surface area contributed by atoms with Crippen LogP contribution in [0, 0.1) is 26.7 Å². The first-order valence-corrected chi connectivity index (χ1v) is 8.23. The van der Waals surface area contributed by atoms with Gasteiger partial charge < -0.3 is 10.2 Å². The van der Waals surface area contributed by atoms with Gasteiger partial charge in [0.2, 0.25) is 16.9 Å². The third kappa shape index (κ3) is 3.39. The zero-order chi connectivity index (χ0) is 16.6. The third-order valence-corrected chi connectivity index (χ3v) is 4.52. The molecule has 1 atom stereocenters. The van der Waals surface area contributed by atoms with E-state index in [1.54, 1.807) is 4.90 Å². The molecule has 1 fully saturated rings. The highest BCUT2D eigenvalue weighted by molar-refractivity contribution is 7.15. The minimum atomic E-state index is -0.368. The van der Waals surface area contributed by atoms with Crippen molar-refractivity contribution in [2.45, 2.75) is 27.2 Å². The number of nitrogens with zero attached hydrogens (tertiary/aromatic N) is 3. The molecule has 1 unspecified atom stereocenters. The summed E-state index contributed by atoms with van der Waals surface area (Å²) in [6.45, 7) is 6.22. The molecule has 1 N–H and O–H groups in total. The summed E-state index contributed by atoms with van der Waals surface area (Å²) in [6, 6.07) is 6.00. The van der Waals surface area contributed by atoms with Gasteiger partial charge >= 0.3 is 0 Å². The Kier molecular flexibility index (Phi) is 4.12. The van der Waals surface area contributed by atoms with Gasteiger partial charge in [-0.3, -0.25) is 9.59 Å². The maximum atomic E-state index is 12.3. The number of benzene rings is 1. The van der Waals surface area contributed by atoms with Crippen molar-refractivity contribution in [2.24, 2.45) is 5.92 Å². The summed E-state index contributed by atoms with van der Waals surface area (Å²) < 4.78 is 0. The number of amides is 2. The third-order valence-electron chi connectivity index (χ3n) is 3.77. The van der Waals surface area contributed by atoms with E-state index in [0.717, 1.165) is 21.8 Å². The molecule has 2 aromatic rings. The molecule has 23 heavy (non-hydrogen) atoms. The molecular formula is C16H18N4O2S. The fraction of sp³-hybridized carbons (Fsp3) is 0.375. The van der Waals surface area contributed by atoms with Crippen molar-refractivity contribution in [1.82, 2.24) is 10.2 Å². The number of hydrogen-bond donors (Lipinski definition) is 1. The molecule has 0 radical (unpaired) electrons. The van der Waals surface area contributed by atoms with Crippen molar-refractivity contribution >= 4 is 34.0 Å². The van der Waals surface area contributed by atoms with Crippen LogP contribution in [0.1, 0.15) is 22.6 Å². The first-order valence-electron chi connectivity index (χ1n) is 7.42. The molecule has 2 heterocycles. The number of carbonyl (C=O) groups excluding carboxylic acids is 2. The van der Waals surface area contributed by atoms with E-state index in [9.17, 15) is 9.59 Å². The Hall–Kier alpha value is -2.28. The number of anilines is 2. The summed E-state index contributed by atoms with van der Waals surface area (Å²) in [5.74, 6) is -0.572. The minimum Gasteiger partial charge on any atom is -0.312 e. The van der Waals surface area contributed by atoms with E-state index in [1.807, 2.05) is 32.9 Å². The molecule has 6 nitrogen and oxygen atoms in total. The van der Waals surface area contributed by atoms with E-state index in [1.165, 1.54) is 11.3 Å². The second-order valence-corrected chi connectivity index (χ2v) is 7.05. The molecule has 0 bridgehead atoms. The lowest BCUT2D eigenvalue weighted by Crippen LogP contribution is -2.28. The smallest absolute Gasteiger partial charge is 0.231 e. The Morgan fingerprint density at radius 3 is 2.52 bits per heavy atom. The Morgan fingerprint density at radius 1 is 1.22 bits per heavy atom. The van der Waals surface area contributed by atoms with Gasteiger partial charge in [0.1, 0.15) is 5.01 Å². The lowest BCUT2D eigenvalue weighted by molar-refractivity contribution is -0.122. The van der Waals surface area contributed by atoms with Crippen molar-refractivity contribution in [3.8, 4) is 0 Å². The molecule has 1 aromatic carbocycles. The number of carbonyl (C=O) groups is 2. The summed E-state index contributed by atoms with van der Waals surface area (Å²) in [6.07, 6.45) is 0.219. The average molecular weight is 330 g/mol. The van der Waals surface area contributed by atoms with E-state index in [0.29, 0.717) is 11.7 Å². The molecular weight excluding hydrogens is 312 g/mol. The van der Waals surface area contributed by atoms with E-state index < -0.39 is 0 Å². The van der Waals surface area contributed by atoms with Gasteiger partial charge in [-0.25, -0.2) is 0 Å². The standard InChI is InChI=1S/C16H18N4O2S/c1-9-4-10(2)6-13(5-9)20-8-12(7-14(20)21)15(22)17-16-19-18-11(3)23-16/h4-6,12H,7-8H2,1-3H3,(H,17,19,22). The van der Waals surface area contributed by atoms with Gasteiger partial charge in [-0.05, 0) is 44.0 Å². The maximum Gasteiger partial charge on any atom is 0.231 e. The highest BCUT2D eigenvalue weighted by Crippen LogP contribution is 2.28. The number of nitrogens with one attached hydrogen (secondary N) is 1. The number of rotatable bonds is 3. The molecule has 1 aromatic heterocycles. The van der Waals surface area contributed by atoms with Crippen LogP contribution in [0.3, 0.4) is 0 Å². The van der Waals surface area contributed by atoms with Crippen LogP contribution in [0.15, 0.2) is 18.2 Å². The van der Waals surface area contributed by atoms with Crippen LogP contribution in [0.2, 0.25) is 0 Å². The fourth-order valence-corrected chi connectivity index (χ4v) is 3.39. The summed E-state index contributed by atoms with van der Waals surface area (Å²) in [5.41, 5.74) is 3.06. The van der Waals surface area contributed by atoms with Crippen LogP contribution in [0.5, 0.6) is 0 Å². The van der Waals surface area contributed by atoms with Gasteiger partial charge in [0.05, 0.1) is 5.92 Å². The second kappa shape index (κ2) is 6.08. The molecule has 3 rings (SSSR count). The first kappa shape index (κ1) is 15.6. The molecule has 1 aliphatic heterocycles. The molecule has 0 spiro atoms. The van der Waals surface area contributed by atoms with Crippen LogP contribution in [-0.2, 0) is 9.59 Å². The predicted molar refractivity (Wildman–Crippen MR) is 89.7 cm³/mol. The van der Waals surface area contributed by atoms with E-state index in [2.05, 4.69) is 21.6 Å². The molecule has 1 saturated heterocycles. The lowest BCUT2D eigenvalue weighted by Gasteiger charge is -2.18. The lowest BCUT2D eigenvalue weighted by atomic mass is 10.1. The molecule has 1 aliphatic rings. The fourth-order valence-electron chi connectivity index (χ4n) is 2.79. The highest BCUT2D eigenvalue weighted by Gasteiger charge is 2.35. The van der Waals surface area contributed by atoms with E-state index in [4.69, 9.17) is 0 Å². The van der Waals surface area contributed by atoms with Crippen LogP contribution in [0.4, 0.5) is 10.8 Å². The summed E-state index contributed by atoms with van der Waals surface area (Å²) in [5, 5.41) is 11.8. The molecule has 120 valence electrons. The van der Waals surface area contributed by atoms with Crippen molar-refractivity contribution in [1.29, 1.82) is 0 Å². The molecule has 0 aliphatic carbocycles. The Morgan fingerprint density at radius 2 is 1.91 bits per heavy atom. The Labute approximate surface area is 138 Å². The van der Waals surface area contributed by atoms with Gasteiger partial charge in [0.25, 0.3) is 0 Å². The van der Waals surface area contributed by atoms with Crippen LogP contribution in [-0.4, -0.2) is 28.6 Å². The van der Waals surface area contributed by atoms with Crippen LogP contribution >= 0.6 is 11.3 Å². The van der Waals surface area contributed by atoms with Gasteiger partial charge in [0.15, 0.2) is 0 Å². The largest absolute Gasteiger partial charge is 0.312 e. The van der Waals surface area contributed by atoms with Crippen LogP contribution in [0.25, 0.3) is 0 Å². The average Bonchev–Trinajstić information content (AvgIpc) is 3.04. The zero-order valence-corrected chi connectivity index (χ0v) is 14.1. The van der Waals surface area contributed by atoms with Crippen LogP contribution < -0.4 is 10.2 Å². The zero-order valence-electron chi connectivity index (χ0n) is 13.3. The van der Waals surface area contributed by atoms with Gasteiger partial charge in [0, 0.05) is 18.7 Å². The monoisotopic (exact) mass is 330 g/mol. The quantitative estimate of drug-likeness (QED) is 0.938. The summed E-state index contributed by atoms with van der Waals surface area (Å²) in [4.78, 5) is 26.3. The van der Waals surface area contributed by atoms with E-state index in [-0.39, 0.29) is 24.2 Å². The van der Waals surface area contributed by atoms with Crippen molar-refractivity contribution in [3.63, 3.8) is 0 Å². The van der Waals surface area contributed by atoms with Crippen molar-refractivity contribution < 1.29 is 9.59 Å². The summed E-state index contributed by atoms with van der Waals surface area (Å²) in [7, 11) is 0.